The summed E-state index contributed by atoms with van der Waals surface area (Å²) < 4.78 is 1.54. The lowest BCUT2D eigenvalue weighted by Gasteiger charge is -2.06. The monoisotopic (exact) mass is 254 g/mol. The Bertz CT molecular complexity index is 779. The molecule has 19 heavy (non-hydrogen) atoms. The molecule has 0 spiro atoms. The predicted octanol–water partition coefficient (Wildman–Crippen LogP) is 1.70. The van der Waals surface area contributed by atoms with E-state index in [1.807, 2.05) is 24.3 Å². The highest BCUT2D eigenvalue weighted by atomic mass is 16.4. The molecule has 0 saturated heterocycles. The molecule has 94 valence electrons. The highest BCUT2D eigenvalue weighted by molar-refractivity contribution is 5.87. The number of nitrogens with two attached hydrogens (primary N) is 1. The molecule has 6 nitrogen and oxygen atoms in total. The van der Waals surface area contributed by atoms with Crippen LogP contribution in [-0.2, 0) is 0 Å². The number of anilines is 1. The second kappa shape index (κ2) is 4.09. The SMILES string of the molecule is Nc1ccc(C(=O)O)nc1-n1ncc2ccccc21. The number of carboxylic acids is 1. The summed E-state index contributed by atoms with van der Waals surface area (Å²) in [5, 5.41) is 14.1. The van der Waals surface area contributed by atoms with Crippen molar-refractivity contribution in [1.82, 2.24) is 14.8 Å². The number of fused-ring (bicyclic) bond motifs is 1. The summed E-state index contributed by atoms with van der Waals surface area (Å²) >= 11 is 0. The summed E-state index contributed by atoms with van der Waals surface area (Å²) in [7, 11) is 0. The molecule has 0 aliphatic rings. The van der Waals surface area contributed by atoms with Gasteiger partial charge < -0.3 is 10.8 Å². The van der Waals surface area contributed by atoms with Crippen molar-refractivity contribution in [3.05, 3.63) is 48.3 Å². The van der Waals surface area contributed by atoms with Gasteiger partial charge in [-0.15, -0.1) is 0 Å². The van der Waals surface area contributed by atoms with E-state index >= 15 is 0 Å². The lowest BCUT2D eigenvalue weighted by molar-refractivity contribution is 0.0690. The van der Waals surface area contributed by atoms with E-state index in [1.165, 1.54) is 16.8 Å². The number of rotatable bonds is 2. The fourth-order valence-electron chi connectivity index (χ4n) is 1.89. The molecule has 3 rings (SSSR count). The number of hydrogen-bond acceptors (Lipinski definition) is 4. The van der Waals surface area contributed by atoms with Crippen molar-refractivity contribution in [2.75, 3.05) is 5.73 Å². The minimum Gasteiger partial charge on any atom is -0.477 e. The third kappa shape index (κ3) is 1.79. The van der Waals surface area contributed by atoms with E-state index in [0.29, 0.717) is 11.5 Å². The lowest BCUT2D eigenvalue weighted by Crippen LogP contribution is -2.09. The highest BCUT2D eigenvalue weighted by Crippen LogP contribution is 2.21. The molecule has 0 atom stereocenters. The second-order valence-corrected chi connectivity index (χ2v) is 4.03. The molecule has 2 aromatic heterocycles. The first kappa shape index (κ1) is 11.2. The van der Waals surface area contributed by atoms with Gasteiger partial charge in [0.15, 0.2) is 11.5 Å². The Balaban J connectivity index is 2.26. The van der Waals surface area contributed by atoms with Crippen molar-refractivity contribution in [1.29, 1.82) is 0 Å². The van der Waals surface area contributed by atoms with Gasteiger partial charge in [0.05, 0.1) is 17.4 Å². The van der Waals surface area contributed by atoms with Crippen LogP contribution < -0.4 is 5.73 Å². The van der Waals surface area contributed by atoms with Gasteiger partial charge in [-0.3, -0.25) is 0 Å². The second-order valence-electron chi connectivity index (χ2n) is 4.03. The Labute approximate surface area is 108 Å². The van der Waals surface area contributed by atoms with Crippen molar-refractivity contribution in [3.63, 3.8) is 0 Å². The van der Waals surface area contributed by atoms with Crippen molar-refractivity contribution in [2.45, 2.75) is 0 Å². The minimum atomic E-state index is -1.10. The molecular weight excluding hydrogens is 244 g/mol. The van der Waals surface area contributed by atoms with Gasteiger partial charge in [0.1, 0.15) is 0 Å². The number of aromatic carboxylic acids is 1. The number of nitrogen functional groups attached to an aromatic ring is 1. The van der Waals surface area contributed by atoms with Crippen LogP contribution in [0.4, 0.5) is 5.69 Å². The topological polar surface area (TPSA) is 94.0 Å². The van der Waals surface area contributed by atoms with E-state index in [1.54, 1.807) is 6.20 Å². The summed E-state index contributed by atoms with van der Waals surface area (Å²) in [4.78, 5) is 15.0. The van der Waals surface area contributed by atoms with Crippen molar-refractivity contribution < 1.29 is 9.90 Å². The number of aromatic nitrogens is 3. The number of benzene rings is 1. The molecule has 0 unspecified atom stereocenters. The number of nitrogens with zero attached hydrogens (tertiary/aromatic N) is 3. The van der Waals surface area contributed by atoms with Crippen LogP contribution in [0.2, 0.25) is 0 Å². The van der Waals surface area contributed by atoms with Crippen LogP contribution in [0.1, 0.15) is 10.5 Å². The van der Waals surface area contributed by atoms with Gasteiger partial charge >= 0.3 is 5.97 Å². The Kier molecular flexibility index (Phi) is 2.42. The molecule has 0 aliphatic carbocycles. The standard InChI is InChI=1S/C13H10N4O2/c14-9-5-6-10(13(18)19)16-12(9)17-11-4-2-1-3-8(11)7-15-17/h1-7H,14H2,(H,18,19). The molecule has 0 fully saturated rings. The van der Waals surface area contributed by atoms with Gasteiger partial charge in [-0.1, -0.05) is 18.2 Å². The molecule has 0 radical (unpaired) electrons. The summed E-state index contributed by atoms with van der Waals surface area (Å²) in [6.45, 7) is 0. The van der Waals surface area contributed by atoms with Crippen LogP contribution in [0, 0.1) is 0 Å². The summed E-state index contributed by atoms with van der Waals surface area (Å²) in [6.07, 6.45) is 1.68. The van der Waals surface area contributed by atoms with E-state index in [-0.39, 0.29) is 5.69 Å². The number of para-hydroxylation sites is 1. The van der Waals surface area contributed by atoms with Gasteiger partial charge in [0.2, 0.25) is 0 Å². The molecule has 3 N–H and O–H groups in total. The van der Waals surface area contributed by atoms with Crippen molar-refractivity contribution in [3.8, 4) is 5.82 Å². The third-order valence-corrected chi connectivity index (χ3v) is 2.80. The van der Waals surface area contributed by atoms with E-state index in [2.05, 4.69) is 10.1 Å². The van der Waals surface area contributed by atoms with Gasteiger partial charge in [-0.25, -0.2) is 14.5 Å². The smallest absolute Gasteiger partial charge is 0.354 e. The number of carboxylic acid groups (broad SMARTS) is 1. The zero-order valence-corrected chi connectivity index (χ0v) is 9.82. The normalized spacial score (nSPS) is 10.7. The van der Waals surface area contributed by atoms with E-state index < -0.39 is 5.97 Å². The highest BCUT2D eigenvalue weighted by Gasteiger charge is 2.12. The molecule has 2 heterocycles. The fourth-order valence-corrected chi connectivity index (χ4v) is 1.89. The Morgan fingerprint density at radius 3 is 2.79 bits per heavy atom. The summed E-state index contributed by atoms with van der Waals surface area (Å²) in [6, 6.07) is 10.4. The average molecular weight is 254 g/mol. The summed E-state index contributed by atoms with van der Waals surface area (Å²) in [5.74, 6) is -0.779. The van der Waals surface area contributed by atoms with E-state index in [0.717, 1.165) is 10.9 Å². The van der Waals surface area contributed by atoms with Crippen LogP contribution in [0.15, 0.2) is 42.6 Å². The maximum absolute atomic E-state index is 11.0. The first-order valence-electron chi connectivity index (χ1n) is 5.60. The zero-order valence-electron chi connectivity index (χ0n) is 9.82. The van der Waals surface area contributed by atoms with Gasteiger partial charge in [-0.2, -0.15) is 5.10 Å². The molecule has 0 saturated carbocycles. The van der Waals surface area contributed by atoms with Crippen LogP contribution >= 0.6 is 0 Å². The molecule has 3 aromatic rings. The van der Waals surface area contributed by atoms with Crippen molar-refractivity contribution >= 4 is 22.6 Å². The van der Waals surface area contributed by atoms with Crippen LogP contribution in [0.25, 0.3) is 16.7 Å². The Morgan fingerprint density at radius 2 is 2.00 bits per heavy atom. The first-order chi connectivity index (χ1) is 9.16. The first-order valence-corrected chi connectivity index (χ1v) is 5.60. The lowest BCUT2D eigenvalue weighted by atomic mass is 10.2. The molecule has 6 heteroatoms. The maximum atomic E-state index is 11.0. The van der Waals surface area contributed by atoms with Gasteiger partial charge in [0, 0.05) is 5.39 Å². The van der Waals surface area contributed by atoms with E-state index in [9.17, 15) is 4.79 Å². The van der Waals surface area contributed by atoms with Crippen LogP contribution in [-0.4, -0.2) is 25.8 Å². The minimum absolute atomic E-state index is 0.0659. The Morgan fingerprint density at radius 1 is 1.21 bits per heavy atom. The van der Waals surface area contributed by atoms with Crippen molar-refractivity contribution in [2.24, 2.45) is 0 Å². The molecular formula is C13H10N4O2. The molecule has 0 amide bonds. The van der Waals surface area contributed by atoms with Gasteiger partial charge in [-0.05, 0) is 18.2 Å². The average Bonchev–Trinajstić information content (AvgIpc) is 2.83. The van der Waals surface area contributed by atoms with E-state index in [4.69, 9.17) is 10.8 Å². The van der Waals surface area contributed by atoms with Crippen LogP contribution in [0.5, 0.6) is 0 Å². The number of carbonyl (C=O) groups is 1. The van der Waals surface area contributed by atoms with Gasteiger partial charge in [0.25, 0.3) is 0 Å². The molecule has 0 bridgehead atoms. The molecule has 0 aliphatic heterocycles. The largest absolute Gasteiger partial charge is 0.477 e. The quantitative estimate of drug-likeness (QED) is 0.725. The molecule has 1 aromatic carbocycles. The maximum Gasteiger partial charge on any atom is 0.354 e. The zero-order chi connectivity index (χ0) is 13.4. The Hall–Kier alpha value is -2.89. The fraction of sp³-hybridized carbons (Fsp3) is 0. The van der Waals surface area contributed by atoms with Crippen LogP contribution in [0.3, 0.4) is 0 Å². The summed E-state index contributed by atoms with van der Waals surface area (Å²) in [5.41, 5.74) is 6.99. The number of pyridine rings is 1. The predicted molar refractivity (Wildman–Crippen MR) is 70.2 cm³/mol. The number of hydrogen-bond donors (Lipinski definition) is 2. The third-order valence-electron chi connectivity index (χ3n) is 2.80.